The summed E-state index contributed by atoms with van der Waals surface area (Å²) in [6, 6.07) is 6.72. The van der Waals surface area contributed by atoms with Crippen molar-refractivity contribution >= 4 is 23.0 Å². The van der Waals surface area contributed by atoms with E-state index in [1.165, 1.54) is 18.2 Å². The fourth-order valence-corrected chi connectivity index (χ4v) is 3.52. The van der Waals surface area contributed by atoms with Crippen LogP contribution in [0.3, 0.4) is 0 Å². The van der Waals surface area contributed by atoms with E-state index in [1.54, 1.807) is 6.07 Å². The molecule has 0 spiro atoms. The Morgan fingerprint density at radius 3 is 2.37 bits per heavy atom. The smallest absolute Gasteiger partial charge is 0.420 e. The molecule has 0 aliphatic heterocycles. The predicted octanol–water partition coefficient (Wildman–Crippen LogP) is 6.36. The highest BCUT2D eigenvalue weighted by atomic mass is 35.5. The van der Waals surface area contributed by atoms with E-state index in [-0.39, 0.29) is 41.1 Å². The summed E-state index contributed by atoms with van der Waals surface area (Å²) < 4.78 is 54.1. The molecular formula is C20H15ClF4O2. The second-order valence-electron chi connectivity index (χ2n) is 6.25. The molecule has 3 rings (SSSR count). The lowest BCUT2D eigenvalue weighted by Crippen LogP contribution is -2.10. The van der Waals surface area contributed by atoms with Crippen molar-refractivity contribution in [3.05, 3.63) is 63.6 Å². The Bertz CT molecular complexity index is 961. The minimum Gasteiger partial charge on any atom is -0.512 e. The molecule has 1 aliphatic carbocycles. The van der Waals surface area contributed by atoms with Crippen molar-refractivity contribution in [1.82, 2.24) is 0 Å². The number of carbonyl (C=O) groups is 1. The van der Waals surface area contributed by atoms with Crippen molar-refractivity contribution in [2.24, 2.45) is 0 Å². The van der Waals surface area contributed by atoms with Gasteiger partial charge in [-0.1, -0.05) is 30.7 Å². The fraction of sp³-hybridized carbons (Fsp3) is 0.250. The van der Waals surface area contributed by atoms with Crippen LogP contribution in [0.1, 0.15) is 36.5 Å². The van der Waals surface area contributed by atoms with E-state index in [0.29, 0.717) is 12.0 Å². The number of alkyl halides is 3. The van der Waals surface area contributed by atoms with E-state index < -0.39 is 22.6 Å². The van der Waals surface area contributed by atoms with Gasteiger partial charge in [-0.3, -0.25) is 4.79 Å². The first-order valence-electron chi connectivity index (χ1n) is 8.29. The average molecular weight is 399 g/mol. The maximum Gasteiger partial charge on any atom is 0.420 e. The molecule has 2 nitrogen and oxygen atoms in total. The zero-order valence-corrected chi connectivity index (χ0v) is 15.0. The van der Waals surface area contributed by atoms with Crippen LogP contribution in [-0.4, -0.2) is 10.9 Å². The van der Waals surface area contributed by atoms with Crippen LogP contribution in [0.5, 0.6) is 0 Å². The molecule has 2 aromatic carbocycles. The van der Waals surface area contributed by atoms with E-state index in [4.69, 9.17) is 11.6 Å². The molecule has 7 heteroatoms. The Balaban J connectivity index is 2.22. The van der Waals surface area contributed by atoms with Gasteiger partial charge in [0.15, 0.2) is 5.78 Å². The van der Waals surface area contributed by atoms with E-state index in [9.17, 15) is 27.5 Å². The summed E-state index contributed by atoms with van der Waals surface area (Å²) in [7, 11) is 0. The number of allylic oxidation sites excluding steroid dienone is 2. The lowest BCUT2D eigenvalue weighted by Gasteiger charge is -2.15. The third-order valence-corrected chi connectivity index (χ3v) is 4.92. The minimum atomic E-state index is -4.94. The van der Waals surface area contributed by atoms with Crippen molar-refractivity contribution < 1.29 is 27.5 Å². The molecular weight excluding hydrogens is 384 g/mol. The number of halogens is 5. The van der Waals surface area contributed by atoms with Gasteiger partial charge in [-0.2, -0.15) is 13.2 Å². The van der Waals surface area contributed by atoms with E-state index in [0.717, 1.165) is 11.6 Å². The van der Waals surface area contributed by atoms with Crippen LogP contribution in [-0.2, 0) is 17.4 Å². The van der Waals surface area contributed by atoms with E-state index in [2.05, 4.69) is 0 Å². The van der Waals surface area contributed by atoms with Crippen LogP contribution in [0, 0.1) is 5.82 Å². The highest BCUT2D eigenvalue weighted by Gasteiger charge is 2.38. The summed E-state index contributed by atoms with van der Waals surface area (Å²) in [6.07, 6.45) is -4.01. The summed E-state index contributed by atoms with van der Waals surface area (Å²) in [5, 5.41) is 9.33. The number of hydrogen-bond acceptors (Lipinski definition) is 2. The first-order valence-corrected chi connectivity index (χ1v) is 8.67. The number of Topliss-reactive ketones (excluding diaryl/α,β-unsaturated/α-hetero) is 1. The van der Waals surface area contributed by atoms with Crippen LogP contribution >= 0.6 is 11.6 Å². The Hall–Kier alpha value is -2.34. The van der Waals surface area contributed by atoms with E-state index in [1.807, 2.05) is 6.92 Å². The van der Waals surface area contributed by atoms with Crippen molar-refractivity contribution in [3.63, 3.8) is 0 Å². The first kappa shape index (κ1) is 19.4. The number of carbonyl (C=O) groups excluding carboxylic acids is 1. The van der Waals surface area contributed by atoms with Gasteiger partial charge >= 0.3 is 6.18 Å². The number of rotatable bonds is 3. The maximum atomic E-state index is 14.6. The quantitative estimate of drug-likeness (QED) is 0.611. The highest BCUT2D eigenvalue weighted by Crippen LogP contribution is 2.41. The van der Waals surface area contributed by atoms with Crippen LogP contribution in [0.2, 0.25) is 5.02 Å². The molecule has 0 aromatic heterocycles. The number of aryl methyl sites for hydroxylation is 1. The number of aliphatic hydroxyl groups is 1. The van der Waals surface area contributed by atoms with Crippen LogP contribution in [0.4, 0.5) is 17.6 Å². The average Bonchev–Trinajstić information content (AvgIpc) is 2.92. The Kier molecular flexibility index (Phi) is 5.04. The normalized spacial score (nSPS) is 15.0. The molecule has 0 unspecified atom stereocenters. The van der Waals surface area contributed by atoms with Crippen molar-refractivity contribution in [1.29, 1.82) is 0 Å². The number of aliphatic hydroxyl groups excluding tert-OH is 1. The van der Waals surface area contributed by atoms with Crippen LogP contribution in [0.25, 0.3) is 16.7 Å². The summed E-state index contributed by atoms with van der Waals surface area (Å²) in [6.45, 7) is 1.85. The lowest BCUT2D eigenvalue weighted by atomic mass is 9.91. The maximum absolute atomic E-state index is 14.6. The Labute approximate surface area is 158 Å². The van der Waals surface area contributed by atoms with Gasteiger partial charge in [0, 0.05) is 18.4 Å². The molecule has 0 radical (unpaired) electrons. The van der Waals surface area contributed by atoms with Crippen molar-refractivity contribution in [2.45, 2.75) is 32.4 Å². The van der Waals surface area contributed by atoms with Gasteiger partial charge in [0.1, 0.15) is 17.1 Å². The van der Waals surface area contributed by atoms with Gasteiger partial charge in [0.25, 0.3) is 0 Å². The predicted molar refractivity (Wildman–Crippen MR) is 95.0 cm³/mol. The van der Waals surface area contributed by atoms with Gasteiger partial charge in [-0.05, 0) is 41.3 Å². The zero-order valence-electron chi connectivity index (χ0n) is 14.3. The fourth-order valence-electron chi connectivity index (χ4n) is 3.27. The van der Waals surface area contributed by atoms with Gasteiger partial charge in [-0.15, -0.1) is 0 Å². The second-order valence-corrected chi connectivity index (χ2v) is 6.66. The standard InChI is InChI=1S/C20H15ClF4O2/c1-2-10-3-4-11(9-13(10)17-15(26)7-8-16(17)27)12-5-6-14(21)18(19(12)22)20(23,24)25/h3-6,9,26H,2,7-8H2,1H3. The van der Waals surface area contributed by atoms with Crippen molar-refractivity contribution in [3.8, 4) is 11.1 Å². The summed E-state index contributed by atoms with van der Waals surface area (Å²) in [5.74, 6) is -1.77. The van der Waals surface area contributed by atoms with Gasteiger partial charge in [0.2, 0.25) is 0 Å². The molecule has 0 heterocycles. The monoisotopic (exact) mass is 398 g/mol. The third kappa shape index (κ3) is 3.46. The summed E-state index contributed by atoms with van der Waals surface area (Å²) >= 11 is 5.55. The minimum absolute atomic E-state index is 0.0561. The van der Waals surface area contributed by atoms with Gasteiger partial charge in [0.05, 0.1) is 10.6 Å². The van der Waals surface area contributed by atoms with Crippen LogP contribution in [0.15, 0.2) is 36.1 Å². The largest absolute Gasteiger partial charge is 0.512 e. The lowest BCUT2D eigenvalue weighted by molar-refractivity contribution is -0.139. The molecule has 1 N–H and O–H groups in total. The Morgan fingerprint density at radius 1 is 1.11 bits per heavy atom. The summed E-state index contributed by atoms with van der Waals surface area (Å²) in [4.78, 5) is 12.1. The van der Waals surface area contributed by atoms with Crippen molar-refractivity contribution in [2.75, 3.05) is 0 Å². The highest BCUT2D eigenvalue weighted by molar-refractivity contribution is 6.31. The van der Waals surface area contributed by atoms with Crippen LogP contribution < -0.4 is 0 Å². The third-order valence-electron chi connectivity index (χ3n) is 4.60. The molecule has 0 atom stereocenters. The second kappa shape index (κ2) is 7.00. The van der Waals surface area contributed by atoms with Gasteiger partial charge < -0.3 is 5.11 Å². The summed E-state index contributed by atoms with van der Waals surface area (Å²) in [5.41, 5.74) is -0.331. The first-order chi connectivity index (χ1) is 12.6. The molecule has 27 heavy (non-hydrogen) atoms. The van der Waals surface area contributed by atoms with E-state index >= 15 is 0 Å². The molecule has 0 bridgehead atoms. The number of ketones is 1. The zero-order chi connectivity index (χ0) is 19.9. The molecule has 0 amide bonds. The molecule has 0 fully saturated rings. The molecule has 1 aliphatic rings. The molecule has 2 aromatic rings. The molecule has 142 valence electrons. The number of hydrogen-bond donors (Lipinski definition) is 1. The topological polar surface area (TPSA) is 37.3 Å². The Morgan fingerprint density at radius 2 is 1.81 bits per heavy atom. The SMILES string of the molecule is CCc1ccc(-c2ccc(Cl)c(C(F)(F)F)c2F)cc1C1=C(O)CCC1=O. The number of benzene rings is 2. The van der Waals surface area contributed by atoms with Gasteiger partial charge in [-0.25, -0.2) is 4.39 Å². The molecule has 0 saturated carbocycles. The molecule has 0 saturated heterocycles.